The minimum absolute atomic E-state index is 0.0896. The summed E-state index contributed by atoms with van der Waals surface area (Å²) in [7, 11) is 1.62. The highest BCUT2D eigenvalue weighted by molar-refractivity contribution is 5.80. The van der Waals surface area contributed by atoms with E-state index in [1.165, 1.54) is 4.68 Å². The Hall–Kier alpha value is -2.70. The van der Waals surface area contributed by atoms with Crippen LogP contribution in [0.3, 0.4) is 0 Å². The maximum Gasteiger partial charge on any atom is 0.274 e. The minimum Gasteiger partial charge on any atom is -0.497 e. The fraction of sp³-hybridized carbons (Fsp3) is 0.263. The predicted molar refractivity (Wildman–Crippen MR) is 94.7 cm³/mol. The monoisotopic (exact) mass is 340 g/mol. The van der Waals surface area contributed by atoms with Crippen LogP contribution in [0.1, 0.15) is 5.56 Å². The topological polar surface area (TPSA) is 73.6 Å². The molecule has 0 bridgehead atoms. The van der Waals surface area contributed by atoms with Gasteiger partial charge in [-0.1, -0.05) is 30.3 Å². The SMILES string of the molecule is COc1ccc(COCC(O)Cn2ncc3ccccc3c2=O)cc1. The molecule has 0 aliphatic carbocycles. The van der Waals surface area contributed by atoms with E-state index in [0.717, 1.165) is 16.7 Å². The van der Waals surface area contributed by atoms with Crippen LogP contribution in [0.15, 0.2) is 59.5 Å². The van der Waals surface area contributed by atoms with Crippen molar-refractivity contribution in [2.75, 3.05) is 13.7 Å². The van der Waals surface area contributed by atoms with Gasteiger partial charge < -0.3 is 14.6 Å². The molecular weight excluding hydrogens is 320 g/mol. The summed E-state index contributed by atoms with van der Waals surface area (Å²) >= 11 is 0. The number of methoxy groups -OCH3 is 1. The number of aromatic nitrogens is 2. The molecule has 3 rings (SSSR count). The quantitative estimate of drug-likeness (QED) is 0.712. The molecule has 1 N–H and O–H groups in total. The van der Waals surface area contributed by atoms with Gasteiger partial charge in [-0.25, -0.2) is 4.68 Å². The Morgan fingerprint density at radius 1 is 1.16 bits per heavy atom. The minimum atomic E-state index is -0.815. The summed E-state index contributed by atoms with van der Waals surface area (Å²) in [5.41, 5.74) is 0.765. The predicted octanol–water partition coefficient (Wildman–Crippen LogP) is 1.98. The van der Waals surface area contributed by atoms with Gasteiger partial charge in [-0.2, -0.15) is 5.10 Å². The molecule has 0 spiro atoms. The van der Waals surface area contributed by atoms with Crippen molar-refractivity contribution in [1.29, 1.82) is 0 Å². The first-order valence-corrected chi connectivity index (χ1v) is 8.01. The molecule has 0 aliphatic heterocycles. The van der Waals surface area contributed by atoms with E-state index in [9.17, 15) is 9.90 Å². The van der Waals surface area contributed by atoms with E-state index >= 15 is 0 Å². The molecule has 1 aromatic heterocycles. The third-order valence-electron chi connectivity index (χ3n) is 3.88. The largest absolute Gasteiger partial charge is 0.497 e. The highest BCUT2D eigenvalue weighted by atomic mass is 16.5. The van der Waals surface area contributed by atoms with Gasteiger partial charge in [-0.3, -0.25) is 4.79 Å². The molecule has 1 unspecified atom stereocenters. The summed E-state index contributed by atoms with van der Waals surface area (Å²) in [5.74, 6) is 0.783. The molecule has 0 fully saturated rings. The lowest BCUT2D eigenvalue weighted by Gasteiger charge is -2.13. The molecule has 3 aromatic rings. The number of ether oxygens (including phenoxy) is 2. The molecule has 25 heavy (non-hydrogen) atoms. The van der Waals surface area contributed by atoms with E-state index in [1.54, 1.807) is 19.4 Å². The lowest BCUT2D eigenvalue weighted by molar-refractivity contribution is 0.0181. The van der Waals surface area contributed by atoms with Crippen molar-refractivity contribution >= 4 is 10.8 Å². The summed E-state index contributed by atoms with van der Waals surface area (Å²) in [6.45, 7) is 0.584. The Morgan fingerprint density at radius 2 is 1.92 bits per heavy atom. The molecule has 6 nitrogen and oxygen atoms in total. The zero-order valence-corrected chi connectivity index (χ0v) is 14.0. The number of benzene rings is 2. The summed E-state index contributed by atoms with van der Waals surface area (Å²) in [5, 5.41) is 15.6. The first-order chi connectivity index (χ1) is 12.2. The van der Waals surface area contributed by atoms with Gasteiger partial charge in [0.15, 0.2) is 0 Å². The number of aliphatic hydroxyl groups is 1. The van der Waals surface area contributed by atoms with Gasteiger partial charge in [-0.05, 0) is 23.8 Å². The molecule has 130 valence electrons. The van der Waals surface area contributed by atoms with Gasteiger partial charge in [-0.15, -0.1) is 0 Å². The second-order valence-corrected chi connectivity index (χ2v) is 5.74. The van der Waals surface area contributed by atoms with Crippen molar-refractivity contribution < 1.29 is 14.6 Å². The van der Waals surface area contributed by atoms with Gasteiger partial charge in [0.05, 0.1) is 44.6 Å². The highest BCUT2D eigenvalue weighted by Gasteiger charge is 2.10. The van der Waals surface area contributed by atoms with Gasteiger partial charge in [0.1, 0.15) is 5.75 Å². The molecule has 0 aliphatic rings. The van der Waals surface area contributed by atoms with Crippen LogP contribution >= 0.6 is 0 Å². The van der Waals surface area contributed by atoms with Gasteiger partial charge in [0.25, 0.3) is 5.56 Å². The van der Waals surface area contributed by atoms with E-state index in [4.69, 9.17) is 9.47 Å². The molecule has 1 heterocycles. The zero-order valence-electron chi connectivity index (χ0n) is 14.0. The number of nitrogens with zero attached hydrogens (tertiary/aromatic N) is 2. The highest BCUT2D eigenvalue weighted by Crippen LogP contribution is 2.12. The number of hydrogen-bond donors (Lipinski definition) is 1. The van der Waals surface area contributed by atoms with Crippen molar-refractivity contribution in [2.45, 2.75) is 19.3 Å². The Labute approximate surface area is 145 Å². The van der Waals surface area contributed by atoms with E-state index in [-0.39, 0.29) is 18.7 Å². The lowest BCUT2D eigenvalue weighted by Crippen LogP contribution is -2.31. The Bertz CT molecular complexity index is 890. The van der Waals surface area contributed by atoms with Crippen LogP contribution in [0.4, 0.5) is 0 Å². The smallest absolute Gasteiger partial charge is 0.274 e. The Balaban J connectivity index is 1.56. The van der Waals surface area contributed by atoms with Crippen LogP contribution in [0.25, 0.3) is 10.8 Å². The van der Waals surface area contributed by atoms with E-state index in [2.05, 4.69) is 5.10 Å². The molecule has 1 atom stereocenters. The summed E-state index contributed by atoms with van der Waals surface area (Å²) in [6, 6.07) is 14.8. The Morgan fingerprint density at radius 3 is 2.68 bits per heavy atom. The van der Waals surface area contributed by atoms with Crippen LogP contribution in [0.2, 0.25) is 0 Å². The number of rotatable bonds is 7. The average molecular weight is 340 g/mol. The number of fused-ring (bicyclic) bond motifs is 1. The normalized spacial score (nSPS) is 12.2. The summed E-state index contributed by atoms with van der Waals surface area (Å²) in [4.78, 5) is 12.4. The van der Waals surface area contributed by atoms with Crippen LogP contribution in [-0.2, 0) is 17.9 Å². The average Bonchev–Trinajstić information content (AvgIpc) is 2.65. The fourth-order valence-corrected chi connectivity index (χ4v) is 2.54. The van der Waals surface area contributed by atoms with Crippen LogP contribution in [0, 0.1) is 0 Å². The number of hydrogen-bond acceptors (Lipinski definition) is 5. The van der Waals surface area contributed by atoms with Crippen LogP contribution in [-0.4, -0.2) is 34.7 Å². The Kier molecular flexibility index (Phi) is 5.42. The second kappa shape index (κ2) is 7.92. The molecule has 6 heteroatoms. The van der Waals surface area contributed by atoms with Crippen LogP contribution < -0.4 is 10.3 Å². The van der Waals surface area contributed by atoms with Crippen molar-refractivity contribution in [2.24, 2.45) is 0 Å². The summed E-state index contributed by atoms with van der Waals surface area (Å²) in [6.07, 6.45) is 0.811. The van der Waals surface area contributed by atoms with Gasteiger partial charge in [0.2, 0.25) is 0 Å². The second-order valence-electron chi connectivity index (χ2n) is 5.74. The van der Waals surface area contributed by atoms with Gasteiger partial charge in [0, 0.05) is 5.39 Å². The molecular formula is C19H20N2O4. The van der Waals surface area contributed by atoms with E-state index < -0.39 is 6.10 Å². The van der Waals surface area contributed by atoms with Crippen LogP contribution in [0.5, 0.6) is 5.75 Å². The third-order valence-corrected chi connectivity index (χ3v) is 3.88. The first-order valence-electron chi connectivity index (χ1n) is 8.01. The molecule has 0 radical (unpaired) electrons. The maximum absolute atomic E-state index is 12.4. The van der Waals surface area contributed by atoms with Crippen molar-refractivity contribution in [3.8, 4) is 5.75 Å². The van der Waals surface area contributed by atoms with Crippen molar-refractivity contribution in [3.63, 3.8) is 0 Å². The fourth-order valence-electron chi connectivity index (χ4n) is 2.54. The first kappa shape index (κ1) is 17.1. The van der Waals surface area contributed by atoms with E-state index in [0.29, 0.717) is 12.0 Å². The van der Waals surface area contributed by atoms with Crippen molar-refractivity contribution in [3.05, 3.63) is 70.6 Å². The van der Waals surface area contributed by atoms with Gasteiger partial charge >= 0.3 is 0 Å². The number of aliphatic hydroxyl groups excluding tert-OH is 1. The molecule has 0 saturated heterocycles. The molecule has 0 amide bonds. The van der Waals surface area contributed by atoms with Crippen molar-refractivity contribution in [1.82, 2.24) is 9.78 Å². The zero-order chi connectivity index (χ0) is 17.6. The maximum atomic E-state index is 12.4. The third kappa shape index (κ3) is 4.23. The molecule has 2 aromatic carbocycles. The lowest BCUT2D eigenvalue weighted by atomic mass is 10.2. The summed E-state index contributed by atoms with van der Waals surface area (Å²) < 4.78 is 11.9. The standard InChI is InChI=1S/C19H20N2O4/c1-24-17-8-6-14(7-9-17)12-25-13-16(22)11-21-19(23)18-5-3-2-4-15(18)10-20-21/h2-10,16,22H,11-13H2,1H3. The molecule has 0 saturated carbocycles. The van der Waals surface area contributed by atoms with E-state index in [1.807, 2.05) is 42.5 Å².